The van der Waals surface area contributed by atoms with Crippen LogP contribution in [0.15, 0.2) is 34.8 Å². The van der Waals surface area contributed by atoms with Crippen LogP contribution in [-0.4, -0.2) is 0 Å². The first-order valence-corrected chi connectivity index (χ1v) is 8.02. The number of nitrogens with two attached hydrogens (primary N) is 1. The van der Waals surface area contributed by atoms with Crippen LogP contribution in [0.5, 0.6) is 5.75 Å². The fourth-order valence-electron chi connectivity index (χ4n) is 2.10. The van der Waals surface area contributed by atoms with Crippen LogP contribution in [-0.2, 0) is 6.61 Å². The van der Waals surface area contributed by atoms with Crippen molar-refractivity contribution in [3.05, 3.63) is 56.5 Å². The molecule has 0 aliphatic heterocycles. The topological polar surface area (TPSA) is 35.2 Å². The normalized spacial score (nSPS) is 11.0. The van der Waals surface area contributed by atoms with Gasteiger partial charge in [-0.25, -0.2) is 0 Å². The highest BCUT2D eigenvalue weighted by Gasteiger charge is 2.11. The highest BCUT2D eigenvalue weighted by molar-refractivity contribution is 9.10. The lowest BCUT2D eigenvalue weighted by Gasteiger charge is -2.15. The highest BCUT2D eigenvalue weighted by atomic mass is 79.9. The third-order valence-corrected chi connectivity index (χ3v) is 4.44. The van der Waals surface area contributed by atoms with Crippen LogP contribution in [0.4, 0.5) is 5.69 Å². The van der Waals surface area contributed by atoms with Crippen LogP contribution in [0, 0.1) is 6.92 Å². The van der Waals surface area contributed by atoms with Gasteiger partial charge in [0, 0.05) is 20.7 Å². The predicted molar refractivity (Wildman–Crippen MR) is 93.2 cm³/mol. The fraction of sp³-hybridized carbons (Fsp3) is 0.294. The van der Waals surface area contributed by atoms with E-state index in [9.17, 15) is 0 Å². The molecule has 2 aromatic carbocycles. The van der Waals surface area contributed by atoms with Crippen molar-refractivity contribution in [3.8, 4) is 5.75 Å². The zero-order valence-electron chi connectivity index (χ0n) is 12.4. The smallest absolute Gasteiger partial charge is 0.123 e. The summed E-state index contributed by atoms with van der Waals surface area (Å²) < 4.78 is 6.92. The molecule has 0 heterocycles. The first-order chi connectivity index (χ1) is 9.88. The quantitative estimate of drug-likeness (QED) is 0.703. The molecule has 2 nitrogen and oxygen atoms in total. The summed E-state index contributed by atoms with van der Waals surface area (Å²) in [4.78, 5) is 0. The lowest BCUT2D eigenvalue weighted by Crippen LogP contribution is -2.00. The van der Waals surface area contributed by atoms with E-state index in [0.29, 0.717) is 12.5 Å². The van der Waals surface area contributed by atoms with Crippen LogP contribution < -0.4 is 10.5 Å². The van der Waals surface area contributed by atoms with Crippen LogP contribution in [0.3, 0.4) is 0 Å². The predicted octanol–water partition coefficient (Wildman–Crippen LogP) is 5.70. The van der Waals surface area contributed by atoms with E-state index in [4.69, 9.17) is 22.1 Å². The summed E-state index contributed by atoms with van der Waals surface area (Å²) in [6.07, 6.45) is 0. The van der Waals surface area contributed by atoms with E-state index in [1.54, 1.807) is 0 Å². The molecule has 0 unspecified atom stereocenters. The SMILES string of the molecule is Cc1cc(Cl)c(C(C)C)cc1OCc1ccc(N)cc1Br. The van der Waals surface area contributed by atoms with Crippen molar-refractivity contribution in [2.45, 2.75) is 33.3 Å². The molecule has 0 atom stereocenters. The second-order valence-electron chi connectivity index (χ2n) is 5.43. The molecule has 2 aromatic rings. The number of rotatable bonds is 4. The molecule has 0 aliphatic rings. The molecule has 0 fully saturated rings. The van der Waals surface area contributed by atoms with Crippen molar-refractivity contribution in [3.63, 3.8) is 0 Å². The van der Waals surface area contributed by atoms with E-state index < -0.39 is 0 Å². The zero-order valence-corrected chi connectivity index (χ0v) is 14.8. The third kappa shape index (κ3) is 3.92. The van der Waals surface area contributed by atoms with Gasteiger partial charge in [0.1, 0.15) is 12.4 Å². The molecule has 2 rings (SSSR count). The molecule has 112 valence electrons. The number of halogens is 2. The summed E-state index contributed by atoms with van der Waals surface area (Å²) >= 11 is 9.79. The molecule has 0 spiro atoms. The van der Waals surface area contributed by atoms with E-state index in [-0.39, 0.29) is 0 Å². The summed E-state index contributed by atoms with van der Waals surface area (Å²) in [5.41, 5.74) is 9.68. The van der Waals surface area contributed by atoms with E-state index in [1.807, 2.05) is 37.3 Å². The lowest BCUT2D eigenvalue weighted by atomic mass is 10.0. The summed E-state index contributed by atoms with van der Waals surface area (Å²) in [6, 6.07) is 9.72. The van der Waals surface area contributed by atoms with Gasteiger partial charge in [-0.3, -0.25) is 0 Å². The molecule has 2 N–H and O–H groups in total. The van der Waals surface area contributed by atoms with Gasteiger partial charge in [-0.1, -0.05) is 47.4 Å². The monoisotopic (exact) mass is 367 g/mol. The van der Waals surface area contributed by atoms with E-state index in [2.05, 4.69) is 29.8 Å². The van der Waals surface area contributed by atoms with E-state index in [0.717, 1.165) is 37.6 Å². The van der Waals surface area contributed by atoms with Gasteiger partial charge >= 0.3 is 0 Å². The number of nitrogen functional groups attached to an aromatic ring is 1. The summed E-state index contributed by atoms with van der Waals surface area (Å²) in [5, 5.41) is 0.795. The largest absolute Gasteiger partial charge is 0.489 e. The molecule has 0 aromatic heterocycles. The Morgan fingerprint density at radius 2 is 1.95 bits per heavy atom. The van der Waals surface area contributed by atoms with Crippen molar-refractivity contribution in [1.82, 2.24) is 0 Å². The summed E-state index contributed by atoms with van der Waals surface area (Å²) in [7, 11) is 0. The Balaban J connectivity index is 2.21. The minimum absolute atomic E-state index is 0.365. The first-order valence-electron chi connectivity index (χ1n) is 6.85. The lowest BCUT2D eigenvalue weighted by molar-refractivity contribution is 0.303. The van der Waals surface area contributed by atoms with Crippen molar-refractivity contribution < 1.29 is 4.74 Å². The van der Waals surface area contributed by atoms with Gasteiger partial charge in [-0.05, 0) is 48.2 Å². The van der Waals surface area contributed by atoms with Gasteiger partial charge in [0.25, 0.3) is 0 Å². The van der Waals surface area contributed by atoms with Gasteiger partial charge in [-0.15, -0.1) is 0 Å². The number of anilines is 1. The Morgan fingerprint density at radius 1 is 1.24 bits per heavy atom. The molecule has 0 aliphatic carbocycles. The maximum atomic E-state index is 6.28. The number of ether oxygens (including phenoxy) is 1. The Bertz CT molecular complexity index is 655. The van der Waals surface area contributed by atoms with E-state index in [1.165, 1.54) is 0 Å². The Morgan fingerprint density at radius 3 is 2.57 bits per heavy atom. The van der Waals surface area contributed by atoms with Crippen molar-refractivity contribution >= 4 is 33.2 Å². The van der Waals surface area contributed by atoms with Gasteiger partial charge < -0.3 is 10.5 Å². The molecule has 0 bridgehead atoms. The van der Waals surface area contributed by atoms with Crippen LogP contribution in [0.1, 0.15) is 36.5 Å². The third-order valence-electron chi connectivity index (χ3n) is 3.38. The number of hydrogen-bond donors (Lipinski definition) is 1. The molecule has 0 amide bonds. The Labute approximate surface area is 139 Å². The van der Waals surface area contributed by atoms with Gasteiger partial charge in [0.05, 0.1) is 0 Å². The summed E-state index contributed by atoms with van der Waals surface area (Å²) in [6.45, 7) is 6.73. The maximum absolute atomic E-state index is 6.28. The fourth-order valence-corrected chi connectivity index (χ4v) is 3.05. The molecular weight excluding hydrogens is 350 g/mol. The van der Waals surface area contributed by atoms with Gasteiger partial charge in [0.15, 0.2) is 0 Å². The number of hydrogen-bond acceptors (Lipinski definition) is 2. The number of benzene rings is 2. The van der Waals surface area contributed by atoms with Crippen molar-refractivity contribution in [1.29, 1.82) is 0 Å². The minimum Gasteiger partial charge on any atom is -0.489 e. The molecule has 0 saturated heterocycles. The van der Waals surface area contributed by atoms with Crippen molar-refractivity contribution in [2.24, 2.45) is 0 Å². The minimum atomic E-state index is 0.365. The average Bonchev–Trinajstić information content (AvgIpc) is 2.39. The number of aryl methyl sites for hydroxylation is 1. The molecule has 0 saturated carbocycles. The second-order valence-corrected chi connectivity index (χ2v) is 6.69. The Kier molecular flexibility index (Phi) is 5.17. The van der Waals surface area contributed by atoms with Crippen LogP contribution in [0.2, 0.25) is 5.02 Å². The highest BCUT2D eigenvalue weighted by Crippen LogP contribution is 2.32. The second kappa shape index (κ2) is 6.71. The zero-order chi connectivity index (χ0) is 15.6. The van der Waals surface area contributed by atoms with Gasteiger partial charge in [-0.2, -0.15) is 0 Å². The molecule has 0 radical (unpaired) electrons. The molecule has 21 heavy (non-hydrogen) atoms. The van der Waals surface area contributed by atoms with Crippen LogP contribution >= 0.6 is 27.5 Å². The van der Waals surface area contributed by atoms with Crippen LogP contribution in [0.25, 0.3) is 0 Å². The summed E-state index contributed by atoms with van der Waals surface area (Å²) in [5.74, 6) is 1.23. The Hall–Kier alpha value is -1.19. The maximum Gasteiger partial charge on any atom is 0.123 e. The average molecular weight is 369 g/mol. The molecular formula is C17H19BrClNO. The van der Waals surface area contributed by atoms with Gasteiger partial charge in [0.2, 0.25) is 0 Å². The standard InChI is InChI=1S/C17H19BrClNO/c1-10(2)14-8-17(11(3)6-16(14)19)21-9-12-4-5-13(20)7-15(12)18/h4-8,10H,9,20H2,1-3H3. The van der Waals surface area contributed by atoms with Crippen molar-refractivity contribution in [2.75, 3.05) is 5.73 Å². The van der Waals surface area contributed by atoms with E-state index >= 15 is 0 Å². The molecule has 4 heteroatoms. The first kappa shape index (κ1) is 16.2.